The second kappa shape index (κ2) is 4.80. The van der Waals surface area contributed by atoms with Crippen LogP contribution < -0.4 is 0 Å². The van der Waals surface area contributed by atoms with Gasteiger partial charge < -0.3 is 0 Å². The number of amides is 3. The number of likely N-dealkylation sites (tertiary alicyclic amines) is 1. The summed E-state index contributed by atoms with van der Waals surface area (Å²) >= 11 is 0. The summed E-state index contributed by atoms with van der Waals surface area (Å²) in [4.78, 5) is 35.9. The third-order valence-corrected chi connectivity index (χ3v) is 2.74. The van der Waals surface area contributed by atoms with Crippen LogP contribution in [-0.2, 0) is 9.59 Å². The molecule has 1 saturated heterocycles. The van der Waals surface area contributed by atoms with Crippen LogP contribution in [0.25, 0.3) is 0 Å². The van der Waals surface area contributed by atoms with Gasteiger partial charge in [-0.25, -0.2) is 4.90 Å². The average molecular weight is 242 g/mol. The van der Waals surface area contributed by atoms with E-state index >= 15 is 0 Å². The van der Waals surface area contributed by atoms with Crippen molar-refractivity contribution in [2.75, 3.05) is 0 Å². The second-order valence-corrected chi connectivity index (χ2v) is 3.97. The molecule has 0 N–H and O–H groups in total. The van der Waals surface area contributed by atoms with Gasteiger partial charge in [0.05, 0.1) is 11.6 Å². The monoisotopic (exact) mass is 242 g/mol. The zero-order valence-electron chi connectivity index (χ0n) is 9.55. The molecule has 0 atom stereocenters. The van der Waals surface area contributed by atoms with Crippen LogP contribution in [0, 0.1) is 11.3 Å². The van der Waals surface area contributed by atoms with E-state index in [-0.39, 0.29) is 18.4 Å². The highest BCUT2D eigenvalue weighted by Crippen LogP contribution is 2.16. The number of hydrogen-bond acceptors (Lipinski definition) is 4. The Kier molecular flexibility index (Phi) is 3.20. The van der Waals surface area contributed by atoms with Gasteiger partial charge in [0.15, 0.2) is 0 Å². The third kappa shape index (κ3) is 2.13. The zero-order chi connectivity index (χ0) is 13.1. The van der Waals surface area contributed by atoms with E-state index in [1.54, 1.807) is 0 Å². The fraction of sp³-hybridized carbons (Fsp3) is 0.231. The van der Waals surface area contributed by atoms with E-state index in [1.165, 1.54) is 24.3 Å². The Morgan fingerprint density at radius 1 is 1.11 bits per heavy atom. The first kappa shape index (κ1) is 12.0. The Morgan fingerprint density at radius 2 is 1.67 bits per heavy atom. The minimum Gasteiger partial charge on any atom is -0.274 e. The lowest BCUT2D eigenvalue weighted by Crippen LogP contribution is -2.44. The van der Waals surface area contributed by atoms with Gasteiger partial charge in [0.25, 0.3) is 5.91 Å². The second-order valence-electron chi connectivity index (χ2n) is 3.97. The van der Waals surface area contributed by atoms with Crippen molar-refractivity contribution in [3.8, 4) is 6.07 Å². The molecular weight excluding hydrogens is 232 g/mol. The maximum atomic E-state index is 12.0. The molecule has 1 heterocycles. The molecule has 2 rings (SSSR count). The fourth-order valence-corrected chi connectivity index (χ4v) is 1.80. The summed E-state index contributed by atoms with van der Waals surface area (Å²) in [5.41, 5.74) is 0.653. The van der Waals surface area contributed by atoms with Gasteiger partial charge in [-0.3, -0.25) is 14.4 Å². The van der Waals surface area contributed by atoms with Gasteiger partial charge in [-0.15, -0.1) is 0 Å². The van der Waals surface area contributed by atoms with Gasteiger partial charge >= 0.3 is 0 Å². The Balaban J connectivity index is 2.27. The van der Waals surface area contributed by atoms with Crippen molar-refractivity contribution in [2.24, 2.45) is 0 Å². The van der Waals surface area contributed by atoms with E-state index in [4.69, 9.17) is 5.26 Å². The molecule has 5 heteroatoms. The molecule has 0 aliphatic carbocycles. The third-order valence-electron chi connectivity index (χ3n) is 2.74. The molecular formula is C13H10N2O3. The first-order chi connectivity index (χ1) is 8.63. The van der Waals surface area contributed by atoms with E-state index in [0.717, 1.165) is 0 Å². The Labute approximate surface area is 104 Å². The molecule has 0 saturated carbocycles. The van der Waals surface area contributed by atoms with Crippen LogP contribution in [0.3, 0.4) is 0 Å². The highest BCUT2D eigenvalue weighted by atomic mass is 16.2. The standard InChI is InChI=1S/C13H10N2O3/c14-8-9-4-6-10(7-5-9)13(18)15-11(16)2-1-3-12(15)17/h4-7H,1-3H2. The number of piperidine rings is 1. The van der Waals surface area contributed by atoms with E-state index in [0.29, 0.717) is 16.9 Å². The molecule has 5 nitrogen and oxygen atoms in total. The van der Waals surface area contributed by atoms with Crippen molar-refractivity contribution in [2.45, 2.75) is 19.3 Å². The van der Waals surface area contributed by atoms with Gasteiger partial charge in [0.1, 0.15) is 0 Å². The van der Waals surface area contributed by atoms with E-state index in [1.807, 2.05) is 6.07 Å². The summed E-state index contributed by atoms with van der Waals surface area (Å²) < 4.78 is 0. The lowest BCUT2D eigenvalue weighted by molar-refractivity contribution is -0.144. The van der Waals surface area contributed by atoms with Crippen LogP contribution in [0.1, 0.15) is 35.2 Å². The molecule has 1 aromatic rings. The predicted octanol–water partition coefficient (Wildman–Crippen LogP) is 1.24. The summed E-state index contributed by atoms with van der Waals surface area (Å²) in [6.07, 6.45) is 0.927. The highest BCUT2D eigenvalue weighted by Gasteiger charge is 2.32. The summed E-state index contributed by atoms with van der Waals surface area (Å²) in [6, 6.07) is 7.77. The molecule has 18 heavy (non-hydrogen) atoms. The molecule has 0 unspecified atom stereocenters. The molecule has 0 bridgehead atoms. The molecule has 0 aromatic heterocycles. The quantitative estimate of drug-likeness (QED) is 0.694. The summed E-state index contributed by atoms with van der Waals surface area (Å²) in [7, 11) is 0. The average Bonchev–Trinajstić information content (AvgIpc) is 2.38. The summed E-state index contributed by atoms with van der Waals surface area (Å²) in [5, 5.41) is 8.65. The molecule has 1 aliphatic rings. The Morgan fingerprint density at radius 3 is 2.17 bits per heavy atom. The number of carbonyl (C=O) groups excluding carboxylic acids is 3. The van der Waals surface area contributed by atoms with Gasteiger partial charge in [-0.2, -0.15) is 5.26 Å². The maximum absolute atomic E-state index is 12.0. The van der Waals surface area contributed by atoms with Crippen molar-refractivity contribution in [3.05, 3.63) is 35.4 Å². The van der Waals surface area contributed by atoms with Crippen LogP contribution in [-0.4, -0.2) is 22.6 Å². The lowest BCUT2D eigenvalue weighted by atomic mass is 10.1. The van der Waals surface area contributed by atoms with Crippen molar-refractivity contribution < 1.29 is 14.4 Å². The smallest absolute Gasteiger partial charge is 0.267 e. The topological polar surface area (TPSA) is 78.2 Å². The minimum absolute atomic E-state index is 0.216. The largest absolute Gasteiger partial charge is 0.274 e. The number of nitriles is 1. The maximum Gasteiger partial charge on any atom is 0.267 e. The van der Waals surface area contributed by atoms with Crippen LogP contribution in [0.5, 0.6) is 0 Å². The fourth-order valence-electron chi connectivity index (χ4n) is 1.80. The van der Waals surface area contributed by atoms with Gasteiger partial charge in [0, 0.05) is 18.4 Å². The van der Waals surface area contributed by atoms with E-state index < -0.39 is 17.7 Å². The van der Waals surface area contributed by atoms with Crippen molar-refractivity contribution in [3.63, 3.8) is 0 Å². The molecule has 1 aromatic carbocycles. The van der Waals surface area contributed by atoms with E-state index in [2.05, 4.69) is 0 Å². The van der Waals surface area contributed by atoms with Crippen LogP contribution in [0.2, 0.25) is 0 Å². The number of nitrogens with zero attached hydrogens (tertiary/aromatic N) is 2. The van der Waals surface area contributed by atoms with Gasteiger partial charge in [-0.05, 0) is 30.7 Å². The van der Waals surface area contributed by atoms with Crippen molar-refractivity contribution >= 4 is 17.7 Å². The van der Waals surface area contributed by atoms with Crippen LogP contribution in [0.4, 0.5) is 0 Å². The van der Waals surface area contributed by atoms with Crippen LogP contribution >= 0.6 is 0 Å². The molecule has 0 radical (unpaired) electrons. The molecule has 0 spiro atoms. The zero-order valence-corrected chi connectivity index (χ0v) is 9.55. The first-order valence-corrected chi connectivity index (χ1v) is 5.54. The number of carbonyl (C=O) groups is 3. The Bertz CT molecular complexity index is 539. The molecule has 1 aliphatic heterocycles. The Hall–Kier alpha value is -2.48. The molecule has 90 valence electrons. The van der Waals surface area contributed by atoms with Crippen molar-refractivity contribution in [1.82, 2.24) is 4.90 Å². The number of hydrogen-bond donors (Lipinski definition) is 0. The summed E-state index contributed by atoms with van der Waals surface area (Å²) in [6.45, 7) is 0. The van der Waals surface area contributed by atoms with Gasteiger partial charge in [-0.1, -0.05) is 0 Å². The number of imide groups is 3. The van der Waals surface area contributed by atoms with Gasteiger partial charge in [0.2, 0.25) is 11.8 Å². The van der Waals surface area contributed by atoms with E-state index in [9.17, 15) is 14.4 Å². The highest BCUT2D eigenvalue weighted by molar-refractivity contribution is 6.17. The van der Waals surface area contributed by atoms with Crippen molar-refractivity contribution in [1.29, 1.82) is 5.26 Å². The molecule has 3 amide bonds. The normalized spacial score (nSPS) is 15.4. The number of rotatable bonds is 1. The minimum atomic E-state index is -0.616. The predicted molar refractivity (Wildman–Crippen MR) is 61.2 cm³/mol. The lowest BCUT2D eigenvalue weighted by Gasteiger charge is -2.22. The first-order valence-electron chi connectivity index (χ1n) is 5.54. The van der Waals surface area contributed by atoms with Crippen LogP contribution in [0.15, 0.2) is 24.3 Å². The molecule has 1 fully saturated rings. The summed E-state index contributed by atoms with van der Waals surface area (Å²) in [5.74, 6) is -1.53. The number of benzene rings is 1. The SMILES string of the molecule is N#Cc1ccc(C(=O)N2C(=O)CCCC2=O)cc1.